The molecule has 1 atom stereocenters. The highest BCUT2D eigenvalue weighted by Gasteiger charge is 2.35. The van der Waals surface area contributed by atoms with Crippen LogP contribution in [0.2, 0.25) is 5.02 Å². The lowest BCUT2D eigenvalue weighted by Gasteiger charge is -2.31. The zero-order valence-corrected chi connectivity index (χ0v) is 18.9. The van der Waals surface area contributed by atoms with Gasteiger partial charge in [0, 0.05) is 18.8 Å². The number of carbonyl (C=O) groups excluding carboxylic acids is 1. The Morgan fingerprint density at radius 2 is 1.94 bits per heavy atom. The van der Waals surface area contributed by atoms with E-state index in [4.69, 9.17) is 16.3 Å². The number of hydrogen-bond acceptors (Lipinski definition) is 4. The zero-order chi connectivity index (χ0) is 23.7. The third kappa shape index (κ3) is 5.19. The Morgan fingerprint density at radius 3 is 2.56 bits per heavy atom. The number of sulfonamides is 1. The molecule has 174 valence electrons. The Kier molecular flexibility index (Phi) is 7.06. The van der Waals surface area contributed by atoms with E-state index in [1.807, 2.05) is 0 Å². The normalized spacial score (nSPS) is 17.8. The number of anilines is 1. The van der Waals surface area contributed by atoms with Crippen LogP contribution < -0.4 is 10.1 Å². The SMILES string of the molecule is COc1ccc(S(=O)(=O)N2CCC[C@@H](C(=O)Nc3ccc(Cl)c(C(F)(F)F)c3)C2)cc1C. The van der Waals surface area contributed by atoms with Gasteiger partial charge in [0.15, 0.2) is 0 Å². The number of alkyl halides is 3. The van der Waals surface area contributed by atoms with E-state index in [9.17, 15) is 26.4 Å². The maximum atomic E-state index is 13.1. The molecule has 1 fully saturated rings. The molecule has 0 unspecified atom stereocenters. The fraction of sp³-hybridized carbons (Fsp3) is 0.381. The molecule has 0 saturated carbocycles. The number of methoxy groups -OCH3 is 1. The summed E-state index contributed by atoms with van der Waals surface area (Å²) in [6.45, 7) is 1.90. The molecule has 0 spiro atoms. The molecule has 32 heavy (non-hydrogen) atoms. The fourth-order valence-electron chi connectivity index (χ4n) is 3.60. The highest BCUT2D eigenvalue weighted by Crippen LogP contribution is 2.36. The van der Waals surface area contributed by atoms with E-state index >= 15 is 0 Å². The van der Waals surface area contributed by atoms with Gasteiger partial charge in [-0.1, -0.05) is 11.6 Å². The first-order valence-electron chi connectivity index (χ1n) is 9.76. The van der Waals surface area contributed by atoms with E-state index < -0.39 is 38.6 Å². The predicted octanol–water partition coefficient (Wildman–Crippen LogP) is 4.72. The molecule has 2 aromatic rings. The van der Waals surface area contributed by atoms with Gasteiger partial charge in [0.25, 0.3) is 0 Å². The topological polar surface area (TPSA) is 75.7 Å². The van der Waals surface area contributed by atoms with Crippen molar-refractivity contribution in [3.05, 3.63) is 52.5 Å². The summed E-state index contributed by atoms with van der Waals surface area (Å²) >= 11 is 5.61. The Labute approximate surface area is 189 Å². The minimum absolute atomic E-state index is 0.0579. The van der Waals surface area contributed by atoms with Gasteiger partial charge in [-0.15, -0.1) is 0 Å². The van der Waals surface area contributed by atoms with Crippen molar-refractivity contribution in [2.24, 2.45) is 5.92 Å². The Bertz CT molecular complexity index is 1120. The fourth-order valence-corrected chi connectivity index (χ4v) is 5.43. The van der Waals surface area contributed by atoms with E-state index in [0.717, 1.165) is 12.1 Å². The molecule has 1 heterocycles. The maximum Gasteiger partial charge on any atom is 0.417 e. The highest BCUT2D eigenvalue weighted by atomic mass is 35.5. The van der Waals surface area contributed by atoms with Crippen molar-refractivity contribution in [3.63, 3.8) is 0 Å². The Morgan fingerprint density at radius 1 is 1.22 bits per heavy atom. The number of carbonyl (C=O) groups is 1. The number of rotatable bonds is 5. The van der Waals surface area contributed by atoms with Gasteiger partial charge in [0.1, 0.15) is 5.75 Å². The number of halogens is 4. The molecule has 1 N–H and O–H groups in total. The molecule has 2 aromatic carbocycles. The lowest BCUT2D eigenvalue weighted by Crippen LogP contribution is -2.43. The van der Waals surface area contributed by atoms with Crippen LogP contribution in [0.5, 0.6) is 5.75 Å². The molecule has 0 bridgehead atoms. The molecule has 1 aliphatic heterocycles. The second-order valence-electron chi connectivity index (χ2n) is 7.52. The highest BCUT2D eigenvalue weighted by molar-refractivity contribution is 7.89. The molecule has 1 amide bonds. The molecule has 0 aliphatic carbocycles. The standard InChI is InChI=1S/C21H22ClF3N2O4S/c1-13-10-16(6-8-19(13)31-2)32(29,30)27-9-3-4-14(12-27)20(28)26-15-5-7-18(22)17(11-15)21(23,24)25/h5-8,10-11,14H,3-4,9,12H2,1-2H3,(H,26,28)/t14-/m1/s1. The van der Waals surface area contributed by atoms with Gasteiger partial charge >= 0.3 is 6.18 Å². The third-order valence-electron chi connectivity index (χ3n) is 5.30. The summed E-state index contributed by atoms with van der Waals surface area (Å²) in [6, 6.07) is 7.60. The van der Waals surface area contributed by atoms with Crippen molar-refractivity contribution in [2.75, 3.05) is 25.5 Å². The minimum atomic E-state index is -4.66. The first kappa shape index (κ1) is 24.3. The summed E-state index contributed by atoms with van der Waals surface area (Å²) < 4.78 is 71.7. The van der Waals surface area contributed by atoms with Crippen LogP contribution in [0.25, 0.3) is 0 Å². The monoisotopic (exact) mass is 490 g/mol. The van der Waals surface area contributed by atoms with Crippen molar-refractivity contribution in [3.8, 4) is 5.75 Å². The lowest BCUT2D eigenvalue weighted by molar-refractivity contribution is -0.137. The van der Waals surface area contributed by atoms with Gasteiger partial charge < -0.3 is 10.1 Å². The van der Waals surface area contributed by atoms with Gasteiger partial charge in [-0.25, -0.2) is 8.42 Å². The number of piperidine rings is 1. The van der Waals surface area contributed by atoms with Crippen LogP contribution in [0.1, 0.15) is 24.0 Å². The van der Waals surface area contributed by atoms with Crippen molar-refractivity contribution in [1.29, 1.82) is 0 Å². The first-order chi connectivity index (χ1) is 14.9. The third-order valence-corrected chi connectivity index (χ3v) is 7.49. The average Bonchev–Trinajstić information content (AvgIpc) is 2.74. The number of aryl methyl sites for hydroxylation is 1. The van der Waals surface area contributed by atoms with Crippen LogP contribution in [-0.2, 0) is 21.0 Å². The number of nitrogens with one attached hydrogen (secondary N) is 1. The Balaban J connectivity index is 1.76. The van der Waals surface area contributed by atoms with Crippen LogP contribution >= 0.6 is 11.6 Å². The minimum Gasteiger partial charge on any atom is -0.496 e. The maximum absolute atomic E-state index is 13.1. The molecule has 1 saturated heterocycles. The second-order valence-corrected chi connectivity index (χ2v) is 9.86. The summed E-state index contributed by atoms with van der Waals surface area (Å²) in [6.07, 6.45) is -3.80. The molecule has 11 heteroatoms. The van der Waals surface area contributed by atoms with Crippen molar-refractivity contribution in [2.45, 2.75) is 30.8 Å². The van der Waals surface area contributed by atoms with Crippen LogP contribution in [0.4, 0.5) is 18.9 Å². The van der Waals surface area contributed by atoms with E-state index in [2.05, 4.69) is 5.32 Å². The zero-order valence-electron chi connectivity index (χ0n) is 17.4. The van der Waals surface area contributed by atoms with Gasteiger partial charge in [-0.2, -0.15) is 17.5 Å². The number of nitrogens with zero attached hydrogens (tertiary/aromatic N) is 1. The smallest absolute Gasteiger partial charge is 0.417 e. The molecular formula is C21H22ClF3N2O4S. The predicted molar refractivity (Wildman–Crippen MR) is 114 cm³/mol. The largest absolute Gasteiger partial charge is 0.496 e. The van der Waals surface area contributed by atoms with Gasteiger partial charge in [-0.3, -0.25) is 4.79 Å². The van der Waals surface area contributed by atoms with E-state index in [0.29, 0.717) is 24.2 Å². The first-order valence-corrected chi connectivity index (χ1v) is 11.6. The van der Waals surface area contributed by atoms with Gasteiger partial charge in [-0.05, 0) is 61.7 Å². The molecule has 0 aromatic heterocycles. The lowest BCUT2D eigenvalue weighted by atomic mass is 9.98. The molecule has 6 nitrogen and oxygen atoms in total. The van der Waals surface area contributed by atoms with Crippen LogP contribution in [0, 0.1) is 12.8 Å². The molecular weight excluding hydrogens is 469 g/mol. The van der Waals surface area contributed by atoms with E-state index in [-0.39, 0.29) is 23.7 Å². The quantitative estimate of drug-likeness (QED) is 0.658. The number of hydrogen-bond donors (Lipinski definition) is 1. The van der Waals surface area contributed by atoms with Crippen molar-refractivity contribution in [1.82, 2.24) is 4.31 Å². The van der Waals surface area contributed by atoms with Crippen molar-refractivity contribution >= 4 is 33.2 Å². The molecule has 0 radical (unpaired) electrons. The molecule has 3 rings (SSSR count). The number of amides is 1. The van der Waals surface area contributed by atoms with Crippen LogP contribution in [-0.4, -0.2) is 38.8 Å². The van der Waals surface area contributed by atoms with Gasteiger partial charge in [0.2, 0.25) is 15.9 Å². The average molecular weight is 491 g/mol. The van der Waals surface area contributed by atoms with Gasteiger partial charge in [0.05, 0.1) is 28.5 Å². The Hall–Kier alpha value is -2.30. The summed E-state index contributed by atoms with van der Waals surface area (Å²) in [5.41, 5.74) is -0.458. The number of ether oxygens (including phenoxy) is 1. The van der Waals surface area contributed by atoms with Crippen LogP contribution in [0.15, 0.2) is 41.3 Å². The summed E-state index contributed by atoms with van der Waals surface area (Å²) in [7, 11) is -2.36. The van der Waals surface area contributed by atoms with E-state index in [1.165, 1.54) is 29.6 Å². The summed E-state index contributed by atoms with van der Waals surface area (Å²) in [5, 5.41) is 1.98. The molecule has 1 aliphatic rings. The summed E-state index contributed by atoms with van der Waals surface area (Å²) in [4.78, 5) is 12.8. The van der Waals surface area contributed by atoms with Crippen molar-refractivity contribution < 1.29 is 31.1 Å². The van der Waals surface area contributed by atoms with Crippen LogP contribution in [0.3, 0.4) is 0 Å². The second kappa shape index (κ2) is 9.29. The number of benzene rings is 2. The van der Waals surface area contributed by atoms with E-state index in [1.54, 1.807) is 13.0 Å². The summed E-state index contributed by atoms with van der Waals surface area (Å²) in [5.74, 6) is -0.699.